The minimum atomic E-state index is -0.150. The number of nitrogens with zero attached hydrogens (tertiary/aromatic N) is 2. The highest BCUT2D eigenvalue weighted by Crippen LogP contribution is 2.35. The van der Waals surface area contributed by atoms with Crippen LogP contribution in [0.15, 0.2) is 42.7 Å². The van der Waals surface area contributed by atoms with Gasteiger partial charge < -0.3 is 9.13 Å². The Morgan fingerprint density at radius 1 is 1.18 bits per heavy atom. The van der Waals surface area contributed by atoms with Crippen molar-refractivity contribution in [3.05, 3.63) is 47.5 Å². The number of benzene rings is 1. The summed E-state index contributed by atoms with van der Waals surface area (Å²) in [5, 5.41) is 1.45. The molecule has 0 saturated heterocycles. The van der Waals surface area contributed by atoms with Crippen LogP contribution in [0.1, 0.15) is 6.92 Å². The molecule has 1 unspecified atom stereocenters. The van der Waals surface area contributed by atoms with Crippen molar-refractivity contribution >= 4 is 25.4 Å². The summed E-state index contributed by atoms with van der Waals surface area (Å²) < 4.78 is 5.07. The minimum absolute atomic E-state index is 0.150. The lowest BCUT2D eigenvalue weighted by Gasteiger charge is -2.16. The molecule has 2 rings (SSSR count). The van der Waals surface area contributed by atoms with E-state index in [9.17, 15) is 0 Å². The van der Waals surface area contributed by atoms with Crippen molar-refractivity contribution in [3.63, 3.8) is 0 Å². The van der Waals surface area contributed by atoms with Crippen molar-refractivity contribution < 1.29 is 0 Å². The molecule has 0 N–H and O–H groups in total. The van der Waals surface area contributed by atoms with Gasteiger partial charge in [-0.15, -0.1) is 0 Å². The summed E-state index contributed by atoms with van der Waals surface area (Å²) in [4.78, 5) is 0. The van der Waals surface area contributed by atoms with E-state index >= 15 is 0 Å². The molecule has 0 aliphatic rings. The Hall–Kier alpha value is -0.920. The Morgan fingerprint density at radius 2 is 1.88 bits per heavy atom. The van der Waals surface area contributed by atoms with Crippen LogP contribution in [-0.2, 0) is 13.3 Å². The number of aryl methyl sites for hydroxylation is 1. The lowest BCUT2D eigenvalue weighted by molar-refractivity contribution is 0.797. The van der Waals surface area contributed by atoms with Crippen LogP contribution in [0.5, 0.6) is 0 Å². The third kappa shape index (κ3) is 2.85. The zero-order valence-corrected chi connectivity index (χ0v) is 11.9. The molecule has 0 saturated carbocycles. The molecule has 0 spiro atoms. The standard InChI is InChI=1S/C13H17N2PS/c1-3-16(12-7-5-4-6-8-12)11-15-10-9-14(2)13(15)17/h4-10H,3,11H2,1-2H3. The first-order valence-corrected chi connectivity index (χ1v) is 7.86. The van der Waals surface area contributed by atoms with Gasteiger partial charge in [0.2, 0.25) is 0 Å². The van der Waals surface area contributed by atoms with E-state index in [2.05, 4.69) is 48.0 Å². The molecule has 90 valence electrons. The third-order valence-corrected chi connectivity index (χ3v) is 5.80. The SMILES string of the molecule is CCP(Cn1ccn(C)c1=S)c1ccccc1. The fourth-order valence-corrected chi connectivity index (χ4v) is 4.01. The largest absolute Gasteiger partial charge is 0.327 e. The van der Waals surface area contributed by atoms with E-state index in [4.69, 9.17) is 12.2 Å². The second kappa shape index (κ2) is 5.61. The van der Waals surface area contributed by atoms with Gasteiger partial charge in [-0.2, -0.15) is 0 Å². The predicted octanol–water partition coefficient (Wildman–Crippen LogP) is 3.34. The van der Waals surface area contributed by atoms with Gasteiger partial charge in [-0.3, -0.25) is 0 Å². The molecule has 0 fully saturated rings. The molecule has 0 aliphatic heterocycles. The number of hydrogen-bond acceptors (Lipinski definition) is 1. The van der Waals surface area contributed by atoms with Crippen LogP contribution in [0.2, 0.25) is 0 Å². The smallest absolute Gasteiger partial charge is 0.179 e. The van der Waals surface area contributed by atoms with E-state index in [1.807, 2.05) is 17.8 Å². The first-order valence-electron chi connectivity index (χ1n) is 5.74. The lowest BCUT2D eigenvalue weighted by Crippen LogP contribution is -2.07. The molecule has 17 heavy (non-hydrogen) atoms. The summed E-state index contributed by atoms with van der Waals surface area (Å²) in [6.07, 6.45) is 6.32. The summed E-state index contributed by atoms with van der Waals surface area (Å²) in [6.45, 7) is 2.26. The maximum Gasteiger partial charge on any atom is 0.179 e. The summed E-state index contributed by atoms with van der Waals surface area (Å²) in [5.74, 6) is 0. The zero-order valence-electron chi connectivity index (χ0n) is 10.2. The van der Waals surface area contributed by atoms with Crippen LogP contribution >= 0.6 is 20.1 Å². The van der Waals surface area contributed by atoms with Gasteiger partial charge in [-0.25, -0.2) is 0 Å². The predicted molar refractivity (Wildman–Crippen MR) is 77.8 cm³/mol. The first-order chi connectivity index (χ1) is 8.22. The molecule has 1 aromatic heterocycles. The van der Waals surface area contributed by atoms with Crippen LogP contribution in [0.25, 0.3) is 0 Å². The number of rotatable bonds is 4. The number of imidazole rings is 1. The molecule has 1 aromatic carbocycles. The number of aromatic nitrogens is 2. The second-order valence-corrected chi connectivity index (χ2v) is 6.87. The van der Waals surface area contributed by atoms with E-state index in [-0.39, 0.29) is 7.92 Å². The molecule has 2 aromatic rings. The molecule has 4 heteroatoms. The topological polar surface area (TPSA) is 9.86 Å². The summed E-state index contributed by atoms with van der Waals surface area (Å²) in [7, 11) is 1.85. The molecule has 0 radical (unpaired) electrons. The van der Waals surface area contributed by atoms with Crippen molar-refractivity contribution in [3.8, 4) is 0 Å². The van der Waals surface area contributed by atoms with E-state index < -0.39 is 0 Å². The first kappa shape index (κ1) is 12.5. The van der Waals surface area contributed by atoms with E-state index in [0.29, 0.717) is 0 Å². The van der Waals surface area contributed by atoms with Gasteiger partial charge in [-0.05, 0) is 23.7 Å². The van der Waals surface area contributed by atoms with Crippen molar-refractivity contribution in [2.75, 3.05) is 6.16 Å². The Kier molecular flexibility index (Phi) is 4.14. The highest BCUT2D eigenvalue weighted by Gasteiger charge is 2.09. The summed E-state index contributed by atoms with van der Waals surface area (Å²) >= 11 is 5.38. The highest BCUT2D eigenvalue weighted by atomic mass is 32.1. The Balaban J connectivity index is 2.22. The average molecular weight is 264 g/mol. The highest BCUT2D eigenvalue weighted by molar-refractivity contribution is 7.71. The fraction of sp³-hybridized carbons (Fsp3) is 0.308. The second-order valence-electron chi connectivity index (χ2n) is 3.99. The molecule has 1 heterocycles. The molecule has 0 aliphatic carbocycles. The maximum absolute atomic E-state index is 5.38. The molecule has 0 bridgehead atoms. The van der Waals surface area contributed by atoms with Gasteiger partial charge >= 0.3 is 0 Å². The molecular formula is C13H17N2PS. The fourth-order valence-electron chi connectivity index (χ4n) is 1.81. The molecular weight excluding hydrogens is 247 g/mol. The van der Waals surface area contributed by atoms with Crippen LogP contribution in [0, 0.1) is 4.77 Å². The monoisotopic (exact) mass is 264 g/mol. The van der Waals surface area contributed by atoms with Crippen LogP contribution in [0.4, 0.5) is 0 Å². The maximum atomic E-state index is 5.38. The zero-order chi connectivity index (χ0) is 12.3. The Morgan fingerprint density at radius 3 is 2.41 bits per heavy atom. The van der Waals surface area contributed by atoms with Crippen molar-refractivity contribution in [1.29, 1.82) is 0 Å². The summed E-state index contributed by atoms with van der Waals surface area (Å²) in [5.41, 5.74) is 0. The average Bonchev–Trinajstić information content (AvgIpc) is 2.68. The Bertz CT molecular complexity index is 530. The van der Waals surface area contributed by atoms with Crippen LogP contribution in [-0.4, -0.2) is 15.3 Å². The van der Waals surface area contributed by atoms with Gasteiger partial charge in [0.1, 0.15) is 0 Å². The van der Waals surface area contributed by atoms with Gasteiger partial charge in [-0.1, -0.05) is 45.2 Å². The molecule has 1 atom stereocenters. The van der Waals surface area contributed by atoms with Crippen molar-refractivity contribution in [2.45, 2.75) is 13.2 Å². The number of hydrogen-bond donors (Lipinski definition) is 0. The van der Waals surface area contributed by atoms with E-state index in [0.717, 1.165) is 11.1 Å². The van der Waals surface area contributed by atoms with Gasteiger partial charge in [0, 0.05) is 25.7 Å². The third-order valence-electron chi connectivity index (χ3n) is 2.84. The van der Waals surface area contributed by atoms with Gasteiger partial charge in [0.25, 0.3) is 0 Å². The van der Waals surface area contributed by atoms with Gasteiger partial charge in [0.15, 0.2) is 4.77 Å². The van der Waals surface area contributed by atoms with Crippen molar-refractivity contribution in [1.82, 2.24) is 9.13 Å². The van der Waals surface area contributed by atoms with Crippen LogP contribution < -0.4 is 5.30 Å². The van der Waals surface area contributed by atoms with Gasteiger partial charge in [0.05, 0.1) is 0 Å². The summed E-state index contributed by atoms with van der Waals surface area (Å²) in [6, 6.07) is 10.7. The van der Waals surface area contributed by atoms with Crippen molar-refractivity contribution in [2.24, 2.45) is 7.05 Å². The molecule has 2 nitrogen and oxygen atoms in total. The quantitative estimate of drug-likeness (QED) is 0.608. The Labute approximate surface area is 109 Å². The minimum Gasteiger partial charge on any atom is -0.327 e. The van der Waals surface area contributed by atoms with E-state index in [1.54, 1.807) is 0 Å². The molecule has 0 amide bonds. The lowest BCUT2D eigenvalue weighted by atomic mass is 10.4. The normalized spacial score (nSPS) is 12.6. The van der Waals surface area contributed by atoms with Crippen LogP contribution in [0.3, 0.4) is 0 Å². The van der Waals surface area contributed by atoms with E-state index in [1.165, 1.54) is 11.5 Å².